The molecule has 0 amide bonds. The Bertz CT molecular complexity index is 583. The van der Waals surface area contributed by atoms with Crippen LogP contribution in [-0.4, -0.2) is 7.11 Å². The molecule has 0 aliphatic rings. The molecule has 20 heavy (non-hydrogen) atoms. The fourth-order valence-corrected chi connectivity index (χ4v) is 2.36. The van der Waals surface area contributed by atoms with Crippen LogP contribution in [0.5, 0.6) is 5.75 Å². The minimum absolute atomic E-state index is 0.286. The molecule has 106 valence electrons. The first-order valence-corrected chi connectivity index (χ1v) is 7.52. The van der Waals surface area contributed by atoms with Gasteiger partial charge in [0.15, 0.2) is 0 Å². The molecule has 0 saturated carbocycles. The fraction of sp³-hybridized carbons (Fsp3) is 0.294. The van der Waals surface area contributed by atoms with Gasteiger partial charge in [0, 0.05) is 17.1 Å². The second-order valence-electron chi connectivity index (χ2n) is 4.96. The van der Waals surface area contributed by atoms with Crippen LogP contribution in [0.4, 0.5) is 0 Å². The Kier molecular flexibility index (Phi) is 5.21. The van der Waals surface area contributed by atoms with Crippen LogP contribution in [0.3, 0.4) is 0 Å². The van der Waals surface area contributed by atoms with Gasteiger partial charge in [-0.2, -0.15) is 0 Å². The lowest BCUT2D eigenvalue weighted by molar-refractivity contribution is 0.413. The molecular weight excluding hydrogens is 314 g/mol. The van der Waals surface area contributed by atoms with Crippen LogP contribution < -0.4 is 10.1 Å². The molecule has 1 N–H and O–H groups in total. The molecule has 0 bridgehead atoms. The second kappa shape index (κ2) is 6.91. The molecular formula is C17H20BrNO. The maximum absolute atomic E-state index is 5.26. The number of hydrogen-bond acceptors (Lipinski definition) is 2. The summed E-state index contributed by atoms with van der Waals surface area (Å²) >= 11 is 3.53. The molecule has 1 unspecified atom stereocenters. The third-order valence-corrected chi connectivity index (χ3v) is 4.32. The Labute approximate surface area is 129 Å². The Morgan fingerprint density at radius 1 is 1.20 bits per heavy atom. The zero-order valence-electron chi connectivity index (χ0n) is 12.1. The number of nitrogens with one attached hydrogen (secondary N) is 1. The quantitative estimate of drug-likeness (QED) is 0.862. The van der Waals surface area contributed by atoms with Crippen LogP contribution in [-0.2, 0) is 6.54 Å². The third-order valence-electron chi connectivity index (χ3n) is 3.43. The van der Waals surface area contributed by atoms with Gasteiger partial charge in [0.25, 0.3) is 0 Å². The van der Waals surface area contributed by atoms with Crippen LogP contribution in [0.15, 0.2) is 46.9 Å². The lowest BCUT2D eigenvalue weighted by Gasteiger charge is -2.15. The molecule has 2 aromatic rings. The number of aryl methyl sites for hydroxylation is 1. The number of benzene rings is 2. The van der Waals surface area contributed by atoms with Crippen molar-refractivity contribution in [2.45, 2.75) is 26.4 Å². The molecule has 0 aromatic heterocycles. The molecule has 0 aliphatic carbocycles. The van der Waals surface area contributed by atoms with Gasteiger partial charge in [-0.05, 0) is 48.7 Å². The van der Waals surface area contributed by atoms with E-state index >= 15 is 0 Å². The van der Waals surface area contributed by atoms with E-state index in [1.807, 2.05) is 12.1 Å². The number of hydrogen-bond donors (Lipinski definition) is 1. The zero-order valence-corrected chi connectivity index (χ0v) is 13.7. The molecule has 0 radical (unpaired) electrons. The molecule has 0 spiro atoms. The minimum Gasteiger partial charge on any atom is -0.497 e. The highest BCUT2D eigenvalue weighted by Gasteiger charge is 2.06. The molecule has 2 rings (SSSR count). The molecule has 3 heteroatoms. The summed E-state index contributed by atoms with van der Waals surface area (Å²) in [7, 11) is 1.70. The average molecular weight is 334 g/mol. The summed E-state index contributed by atoms with van der Waals surface area (Å²) in [5, 5.41) is 3.54. The minimum atomic E-state index is 0.286. The van der Waals surface area contributed by atoms with E-state index in [9.17, 15) is 0 Å². The average Bonchev–Trinajstić information content (AvgIpc) is 2.48. The molecule has 0 fully saturated rings. The number of rotatable bonds is 5. The maximum atomic E-state index is 5.26. The van der Waals surface area contributed by atoms with Crippen molar-refractivity contribution in [1.82, 2.24) is 5.32 Å². The Hall–Kier alpha value is -1.32. The van der Waals surface area contributed by atoms with Crippen molar-refractivity contribution in [2.24, 2.45) is 0 Å². The summed E-state index contributed by atoms with van der Waals surface area (Å²) in [6.07, 6.45) is 0. The van der Waals surface area contributed by atoms with Crippen molar-refractivity contribution in [3.63, 3.8) is 0 Å². The maximum Gasteiger partial charge on any atom is 0.119 e. The zero-order chi connectivity index (χ0) is 14.5. The SMILES string of the molecule is COc1cccc(C(C)NCc2ccc(Br)c(C)c2)c1. The molecule has 1 atom stereocenters. The van der Waals surface area contributed by atoms with Crippen molar-refractivity contribution in [3.05, 3.63) is 63.6 Å². The standard InChI is InChI=1S/C17H20BrNO/c1-12-9-14(7-8-17(12)18)11-19-13(2)15-5-4-6-16(10-15)20-3/h4-10,13,19H,11H2,1-3H3. The molecule has 0 saturated heterocycles. The first kappa shape index (κ1) is 15.1. The summed E-state index contributed by atoms with van der Waals surface area (Å²) in [5.41, 5.74) is 3.79. The monoisotopic (exact) mass is 333 g/mol. The van der Waals surface area contributed by atoms with Gasteiger partial charge in [0.05, 0.1) is 7.11 Å². The summed E-state index contributed by atoms with van der Waals surface area (Å²) in [5.74, 6) is 0.899. The first-order valence-electron chi connectivity index (χ1n) is 6.72. The highest BCUT2D eigenvalue weighted by Crippen LogP contribution is 2.20. The van der Waals surface area contributed by atoms with E-state index in [1.165, 1.54) is 16.7 Å². The highest BCUT2D eigenvalue weighted by molar-refractivity contribution is 9.10. The van der Waals surface area contributed by atoms with Gasteiger partial charge < -0.3 is 10.1 Å². The van der Waals surface area contributed by atoms with Gasteiger partial charge in [0.2, 0.25) is 0 Å². The summed E-state index contributed by atoms with van der Waals surface area (Å²) in [4.78, 5) is 0. The van der Waals surface area contributed by atoms with E-state index in [0.717, 1.165) is 16.8 Å². The van der Waals surface area contributed by atoms with Crippen LogP contribution in [0, 0.1) is 6.92 Å². The van der Waals surface area contributed by atoms with Gasteiger partial charge in [-0.15, -0.1) is 0 Å². The normalized spacial score (nSPS) is 12.2. The Morgan fingerprint density at radius 2 is 2.00 bits per heavy atom. The predicted octanol–water partition coefficient (Wildman–Crippen LogP) is 4.62. The van der Waals surface area contributed by atoms with Crippen LogP contribution >= 0.6 is 15.9 Å². The fourth-order valence-electron chi connectivity index (χ4n) is 2.12. The summed E-state index contributed by atoms with van der Waals surface area (Å²) < 4.78 is 6.42. The van der Waals surface area contributed by atoms with E-state index < -0.39 is 0 Å². The van der Waals surface area contributed by atoms with Crippen LogP contribution in [0.1, 0.15) is 29.7 Å². The van der Waals surface area contributed by atoms with Crippen molar-refractivity contribution < 1.29 is 4.74 Å². The van der Waals surface area contributed by atoms with Gasteiger partial charge in [-0.3, -0.25) is 0 Å². The number of ether oxygens (including phenoxy) is 1. The first-order chi connectivity index (χ1) is 9.60. The van der Waals surface area contributed by atoms with Gasteiger partial charge in [-0.1, -0.05) is 40.2 Å². The predicted molar refractivity (Wildman–Crippen MR) is 87.1 cm³/mol. The van der Waals surface area contributed by atoms with Gasteiger partial charge in [-0.25, -0.2) is 0 Å². The topological polar surface area (TPSA) is 21.3 Å². The van der Waals surface area contributed by atoms with Crippen molar-refractivity contribution in [3.8, 4) is 5.75 Å². The van der Waals surface area contributed by atoms with E-state index in [0.29, 0.717) is 0 Å². The van der Waals surface area contributed by atoms with Gasteiger partial charge >= 0.3 is 0 Å². The van der Waals surface area contributed by atoms with Crippen LogP contribution in [0.25, 0.3) is 0 Å². The van der Waals surface area contributed by atoms with E-state index in [2.05, 4.69) is 65.4 Å². The van der Waals surface area contributed by atoms with Crippen molar-refractivity contribution >= 4 is 15.9 Å². The molecule has 2 aromatic carbocycles. The van der Waals surface area contributed by atoms with Crippen molar-refractivity contribution in [2.75, 3.05) is 7.11 Å². The third kappa shape index (κ3) is 3.84. The smallest absolute Gasteiger partial charge is 0.119 e. The molecule has 0 aliphatic heterocycles. The Morgan fingerprint density at radius 3 is 2.70 bits per heavy atom. The number of halogens is 1. The van der Waals surface area contributed by atoms with E-state index in [4.69, 9.17) is 4.74 Å². The number of methoxy groups -OCH3 is 1. The molecule has 2 nitrogen and oxygen atoms in total. The lowest BCUT2D eigenvalue weighted by Crippen LogP contribution is -2.18. The molecule has 0 heterocycles. The summed E-state index contributed by atoms with van der Waals surface area (Å²) in [6.45, 7) is 5.13. The Balaban J connectivity index is 2.00. The summed E-state index contributed by atoms with van der Waals surface area (Å²) in [6, 6.07) is 14.9. The lowest BCUT2D eigenvalue weighted by atomic mass is 10.1. The largest absolute Gasteiger partial charge is 0.497 e. The van der Waals surface area contributed by atoms with Gasteiger partial charge in [0.1, 0.15) is 5.75 Å². The van der Waals surface area contributed by atoms with E-state index in [1.54, 1.807) is 7.11 Å². The van der Waals surface area contributed by atoms with Crippen molar-refractivity contribution in [1.29, 1.82) is 0 Å². The van der Waals surface area contributed by atoms with E-state index in [-0.39, 0.29) is 6.04 Å². The second-order valence-corrected chi connectivity index (χ2v) is 5.82. The van der Waals surface area contributed by atoms with Crippen LogP contribution in [0.2, 0.25) is 0 Å². The highest BCUT2D eigenvalue weighted by atomic mass is 79.9.